The molecule has 0 saturated carbocycles. The van der Waals surface area contributed by atoms with Crippen molar-refractivity contribution in [2.24, 2.45) is 4.99 Å². The van der Waals surface area contributed by atoms with Gasteiger partial charge in [0.2, 0.25) is 5.88 Å². The molecule has 2 rings (SSSR count). The van der Waals surface area contributed by atoms with E-state index in [1.807, 2.05) is 19.1 Å². The molecule has 1 aromatic rings. The number of rotatable bonds is 8. The normalized spacial score (nSPS) is 16.7. The van der Waals surface area contributed by atoms with Crippen molar-refractivity contribution in [2.75, 3.05) is 32.8 Å². The maximum Gasteiger partial charge on any atom is 0.213 e. The summed E-state index contributed by atoms with van der Waals surface area (Å²) in [7, 11) is 0. The number of guanidine groups is 1. The van der Waals surface area contributed by atoms with Gasteiger partial charge < -0.3 is 20.3 Å². The lowest BCUT2D eigenvalue weighted by Gasteiger charge is -2.32. The van der Waals surface area contributed by atoms with E-state index in [0.29, 0.717) is 25.1 Å². The molecule has 0 bridgehead atoms. The third-order valence-corrected chi connectivity index (χ3v) is 4.32. The first kappa shape index (κ1) is 19.5. The van der Waals surface area contributed by atoms with E-state index < -0.39 is 0 Å². The zero-order valence-electron chi connectivity index (χ0n) is 15.9. The Hall–Kier alpha value is -1.82. The highest BCUT2D eigenvalue weighted by atomic mass is 16.5. The van der Waals surface area contributed by atoms with Gasteiger partial charge in [-0.15, -0.1) is 0 Å². The smallest absolute Gasteiger partial charge is 0.213 e. The summed E-state index contributed by atoms with van der Waals surface area (Å²) < 4.78 is 5.46. The standard InChI is InChI=1S/C19H33N5O/c1-4-11-24-12-8-17(9-13-24)23-19(20-5-2)22-15-16-7-10-21-18(14-16)25-6-3/h7,10,14,17H,4-6,8-9,11-13,15H2,1-3H3,(H2,20,22,23). The van der Waals surface area contributed by atoms with Gasteiger partial charge in [0.15, 0.2) is 5.96 Å². The first-order valence-corrected chi connectivity index (χ1v) is 9.60. The molecule has 0 spiro atoms. The molecule has 0 atom stereocenters. The van der Waals surface area contributed by atoms with Crippen molar-refractivity contribution in [3.8, 4) is 5.88 Å². The van der Waals surface area contributed by atoms with E-state index in [1.165, 1.54) is 38.9 Å². The number of likely N-dealkylation sites (tertiary alicyclic amines) is 1. The van der Waals surface area contributed by atoms with Crippen molar-refractivity contribution in [3.05, 3.63) is 23.9 Å². The molecule has 0 amide bonds. The predicted molar refractivity (Wildman–Crippen MR) is 103 cm³/mol. The fourth-order valence-electron chi connectivity index (χ4n) is 3.08. The Morgan fingerprint density at radius 3 is 2.80 bits per heavy atom. The lowest BCUT2D eigenvalue weighted by Crippen LogP contribution is -2.48. The van der Waals surface area contributed by atoms with Crippen LogP contribution in [0.3, 0.4) is 0 Å². The van der Waals surface area contributed by atoms with E-state index in [0.717, 1.165) is 18.1 Å². The lowest BCUT2D eigenvalue weighted by molar-refractivity contribution is 0.206. The van der Waals surface area contributed by atoms with Crippen molar-refractivity contribution in [1.82, 2.24) is 20.5 Å². The quantitative estimate of drug-likeness (QED) is 0.559. The summed E-state index contributed by atoms with van der Waals surface area (Å²) in [6.07, 6.45) is 5.36. The second-order valence-electron chi connectivity index (χ2n) is 6.39. The van der Waals surface area contributed by atoms with Gasteiger partial charge in [-0.25, -0.2) is 9.98 Å². The van der Waals surface area contributed by atoms with Crippen LogP contribution < -0.4 is 15.4 Å². The summed E-state index contributed by atoms with van der Waals surface area (Å²) >= 11 is 0. The molecule has 2 heterocycles. The Kier molecular flexibility index (Phi) is 8.52. The van der Waals surface area contributed by atoms with E-state index in [4.69, 9.17) is 9.73 Å². The van der Waals surface area contributed by atoms with Crippen molar-refractivity contribution in [2.45, 2.75) is 52.6 Å². The molecule has 25 heavy (non-hydrogen) atoms. The molecule has 0 unspecified atom stereocenters. The minimum absolute atomic E-state index is 0.502. The number of nitrogens with one attached hydrogen (secondary N) is 2. The van der Waals surface area contributed by atoms with Crippen LogP contribution in [0.4, 0.5) is 0 Å². The Morgan fingerprint density at radius 1 is 1.32 bits per heavy atom. The summed E-state index contributed by atoms with van der Waals surface area (Å²) in [4.78, 5) is 11.5. The number of aliphatic imine (C=N–C) groups is 1. The average Bonchev–Trinajstić information content (AvgIpc) is 2.62. The highest BCUT2D eigenvalue weighted by Gasteiger charge is 2.19. The topological polar surface area (TPSA) is 61.8 Å². The molecule has 0 aromatic carbocycles. The molecule has 1 aliphatic rings. The molecule has 6 heteroatoms. The fraction of sp³-hybridized carbons (Fsp3) is 0.684. The summed E-state index contributed by atoms with van der Waals surface area (Å²) in [6.45, 7) is 12.0. The number of ether oxygens (including phenoxy) is 1. The third kappa shape index (κ3) is 6.90. The number of pyridine rings is 1. The minimum atomic E-state index is 0.502. The summed E-state index contributed by atoms with van der Waals surface area (Å²) in [6, 6.07) is 4.45. The molecule has 2 N–H and O–H groups in total. The van der Waals surface area contributed by atoms with Gasteiger partial charge in [0.05, 0.1) is 13.2 Å². The molecule has 140 valence electrons. The Balaban J connectivity index is 1.89. The van der Waals surface area contributed by atoms with E-state index in [-0.39, 0.29) is 0 Å². The number of hydrogen-bond acceptors (Lipinski definition) is 4. The summed E-state index contributed by atoms with van der Waals surface area (Å²) in [5, 5.41) is 6.95. The molecule has 0 radical (unpaired) electrons. The SMILES string of the molecule is CCCN1CCC(NC(=NCc2ccnc(OCC)c2)NCC)CC1. The highest BCUT2D eigenvalue weighted by molar-refractivity contribution is 5.80. The first-order chi connectivity index (χ1) is 12.2. The summed E-state index contributed by atoms with van der Waals surface area (Å²) in [5.41, 5.74) is 1.11. The van der Waals surface area contributed by atoms with Gasteiger partial charge in [-0.3, -0.25) is 0 Å². The maximum atomic E-state index is 5.46. The van der Waals surface area contributed by atoms with Gasteiger partial charge in [0.1, 0.15) is 0 Å². The van der Waals surface area contributed by atoms with Crippen molar-refractivity contribution >= 4 is 5.96 Å². The monoisotopic (exact) mass is 347 g/mol. The predicted octanol–water partition coefficient (Wildman–Crippen LogP) is 2.41. The van der Waals surface area contributed by atoms with Gasteiger partial charge in [0, 0.05) is 37.9 Å². The van der Waals surface area contributed by atoms with E-state index in [1.54, 1.807) is 6.20 Å². The zero-order valence-corrected chi connectivity index (χ0v) is 15.9. The van der Waals surface area contributed by atoms with E-state index in [9.17, 15) is 0 Å². The molecule has 0 aliphatic carbocycles. The number of piperidine rings is 1. The van der Waals surface area contributed by atoms with Crippen LogP contribution in [0.25, 0.3) is 0 Å². The van der Waals surface area contributed by atoms with Crippen LogP contribution in [-0.4, -0.2) is 54.7 Å². The van der Waals surface area contributed by atoms with Crippen LogP contribution in [0.5, 0.6) is 5.88 Å². The van der Waals surface area contributed by atoms with Gasteiger partial charge >= 0.3 is 0 Å². The van der Waals surface area contributed by atoms with Crippen LogP contribution >= 0.6 is 0 Å². The van der Waals surface area contributed by atoms with Crippen LogP contribution in [0.2, 0.25) is 0 Å². The van der Waals surface area contributed by atoms with Gasteiger partial charge in [-0.2, -0.15) is 0 Å². The van der Waals surface area contributed by atoms with Crippen molar-refractivity contribution in [1.29, 1.82) is 0 Å². The highest BCUT2D eigenvalue weighted by Crippen LogP contribution is 2.12. The van der Waals surface area contributed by atoms with Crippen LogP contribution in [0.1, 0.15) is 45.6 Å². The van der Waals surface area contributed by atoms with Gasteiger partial charge in [-0.1, -0.05) is 6.92 Å². The zero-order chi connectivity index (χ0) is 17.9. The van der Waals surface area contributed by atoms with Crippen LogP contribution in [-0.2, 0) is 6.54 Å². The van der Waals surface area contributed by atoms with E-state index in [2.05, 4.69) is 34.4 Å². The Bertz CT molecular complexity index is 526. The number of nitrogens with zero attached hydrogens (tertiary/aromatic N) is 3. The molecule has 1 aliphatic heterocycles. The molecular formula is C19H33N5O. The Labute approximate surface area is 152 Å². The second-order valence-corrected chi connectivity index (χ2v) is 6.39. The van der Waals surface area contributed by atoms with E-state index >= 15 is 0 Å². The van der Waals surface area contributed by atoms with Crippen LogP contribution in [0, 0.1) is 0 Å². The van der Waals surface area contributed by atoms with Crippen molar-refractivity contribution in [3.63, 3.8) is 0 Å². The minimum Gasteiger partial charge on any atom is -0.478 e. The number of aromatic nitrogens is 1. The second kappa shape index (κ2) is 10.9. The summed E-state index contributed by atoms with van der Waals surface area (Å²) in [5.74, 6) is 1.56. The molecular weight excluding hydrogens is 314 g/mol. The van der Waals surface area contributed by atoms with Gasteiger partial charge in [-0.05, 0) is 51.3 Å². The molecule has 1 aromatic heterocycles. The maximum absolute atomic E-state index is 5.46. The first-order valence-electron chi connectivity index (χ1n) is 9.60. The average molecular weight is 348 g/mol. The number of hydrogen-bond donors (Lipinski definition) is 2. The molecule has 6 nitrogen and oxygen atoms in total. The third-order valence-electron chi connectivity index (χ3n) is 4.32. The van der Waals surface area contributed by atoms with Crippen LogP contribution in [0.15, 0.2) is 23.3 Å². The Morgan fingerprint density at radius 2 is 2.12 bits per heavy atom. The molecule has 1 saturated heterocycles. The lowest BCUT2D eigenvalue weighted by atomic mass is 10.1. The molecule has 1 fully saturated rings. The fourth-order valence-corrected chi connectivity index (χ4v) is 3.08. The van der Waals surface area contributed by atoms with Crippen molar-refractivity contribution < 1.29 is 4.74 Å². The van der Waals surface area contributed by atoms with Gasteiger partial charge in [0.25, 0.3) is 0 Å². The largest absolute Gasteiger partial charge is 0.478 e.